The number of anilines is 1. The van der Waals surface area contributed by atoms with Crippen LogP contribution in [0.2, 0.25) is 0 Å². The average Bonchev–Trinajstić information content (AvgIpc) is 2.57. The van der Waals surface area contributed by atoms with Crippen LogP contribution in [0, 0.1) is 0 Å². The molecule has 1 heterocycles. The summed E-state index contributed by atoms with van der Waals surface area (Å²) in [5.41, 5.74) is 4.98. The maximum absolute atomic E-state index is 12.8. The maximum atomic E-state index is 12.8. The minimum absolute atomic E-state index is 0.113. The van der Waals surface area contributed by atoms with Crippen LogP contribution in [-0.4, -0.2) is 16.8 Å². The normalized spacial score (nSPS) is 19.5. The maximum Gasteiger partial charge on any atom is 0.191 e. The molecular formula is C19H18N2O. The number of aromatic nitrogens is 1. The second kappa shape index (κ2) is 5.41. The van der Waals surface area contributed by atoms with E-state index in [0.29, 0.717) is 0 Å². The molecule has 0 radical (unpaired) electrons. The molecule has 0 fully saturated rings. The Balaban J connectivity index is 1.65. The molecule has 2 aliphatic rings. The molecule has 0 spiro atoms. The molecule has 0 aliphatic heterocycles. The summed E-state index contributed by atoms with van der Waals surface area (Å²) in [7, 11) is 0. The highest BCUT2D eigenvalue weighted by Crippen LogP contribution is 2.27. The average molecular weight is 290 g/mol. The van der Waals surface area contributed by atoms with Crippen LogP contribution in [-0.2, 0) is 12.8 Å². The number of pyridine rings is 1. The molecule has 0 saturated carbocycles. The number of carbonyl (C=O) groups excluding carboxylic acids is 1. The first-order valence-corrected chi connectivity index (χ1v) is 7.88. The third-order valence-electron chi connectivity index (χ3n) is 4.42. The molecule has 2 aromatic rings. The van der Waals surface area contributed by atoms with Gasteiger partial charge in [-0.3, -0.25) is 9.78 Å². The van der Waals surface area contributed by atoms with Crippen LogP contribution in [0.5, 0.6) is 0 Å². The summed E-state index contributed by atoms with van der Waals surface area (Å²) in [6.45, 7) is 0. The zero-order chi connectivity index (χ0) is 14.9. The number of benzene rings is 1. The van der Waals surface area contributed by atoms with Gasteiger partial charge < -0.3 is 5.32 Å². The predicted molar refractivity (Wildman–Crippen MR) is 88.1 cm³/mol. The van der Waals surface area contributed by atoms with Gasteiger partial charge in [0.2, 0.25) is 0 Å². The summed E-state index contributed by atoms with van der Waals surface area (Å²) >= 11 is 0. The van der Waals surface area contributed by atoms with E-state index in [9.17, 15) is 4.79 Å². The Morgan fingerprint density at radius 3 is 2.77 bits per heavy atom. The SMILES string of the molecule is O=C1c2cc3c(nc2C=CC1Nc1ccccc1)CCCC3. The molecule has 0 bridgehead atoms. The molecule has 1 N–H and O–H groups in total. The Morgan fingerprint density at radius 2 is 1.91 bits per heavy atom. The number of para-hydroxylation sites is 1. The molecule has 0 saturated heterocycles. The lowest BCUT2D eigenvalue weighted by molar-refractivity contribution is 0.0982. The van der Waals surface area contributed by atoms with Crippen molar-refractivity contribution in [1.29, 1.82) is 0 Å². The minimum Gasteiger partial charge on any atom is -0.372 e. The van der Waals surface area contributed by atoms with E-state index in [-0.39, 0.29) is 11.8 Å². The van der Waals surface area contributed by atoms with Crippen LogP contribution in [0.1, 0.15) is 40.2 Å². The van der Waals surface area contributed by atoms with Crippen molar-refractivity contribution in [2.24, 2.45) is 0 Å². The van der Waals surface area contributed by atoms with Crippen LogP contribution >= 0.6 is 0 Å². The van der Waals surface area contributed by atoms with E-state index >= 15 is 0 Å². The molecule has 0 amide bonds. The first kappa shape index (κ1) is 13.3. The Kier molecular flexibility index (Phi) is 3.26. The lowest BCUT2D eigenvalue weighted by atomic mass is 9.89. The summed E-state index contributed by atoms with van der Waals surface area (Å²) in [5.74, 6) is 0.113. The molecule has 22 heavy (non-hydrogen) atoms. The van der Waals surface area contributed by atoms with Crippen molar-refractivity contribution in [3.63, 3.8) is 0 Å². The second-order valence-electron chi connectivity index (χ2n) is 5.95. The molecule has 1 atom stereocenters. The zero-order valence-electron chi connectivity index (χ0n) is 12.4. The van der Waals surface area contributed by atoms with Gasteiger partial charge in [-0.05, 0) is 55.5 Å². The van der Waals surface area contributed by atoms with Gasteiger partial charge >= 0.3 is 0 Å². The molecule has 4 rings (SSSR count). The summed E-state index contributed by atoms with van der Waals surface area (Å²) in [4.78, 5) is 17.5. The zero-order valence-corrected chi connectivity index (χ0v) is 12.4. The molecule has 1 aromatic carbocycles. The van der Waals surface area contributed by atoms with Gasteiger partial charge in [-0.25, -0.2) is 0 Å². The number of ketones is 1. The first-order chi connectivity index (χ1) is 10.8. The standard InChI is InChI=1S/C19H18N2O/c22-19-15-12-13-6-4-5-9-16(13)21-17(15)10-11-18(19)20-14-7-2-1-3-8-14/h1-3,7-8,10-12,18,20H,4-6,9H2. The van der Waals surface area contributed by atoms with Gasteiger partial charge in [-0.1, -0.05) is 24.3 Å². The number of Topliss-reactive ketones (excluding diaryl/α,β-unsaturated/α-hetero) is 1. The molecule has 1 aromatic heterocycles. The van der Waals surface area contributed by atoms with Gasteiger partial charge in [0.05, 0.1) is 5.69 Å². The Hall–Kier alpha value is -2.42. The summed E-state index contributed by atoms with van der Waals surface area (Å²) in [6, 6.07) is 11.6. The molecule has 1 unspecified atom stereocenters. The van der Waals surface area contributed by atoms with Crippen LogP contribution in [0.25, 0.3) is 6.08 Å². The Bertz CT molecular complexity index is 750. The Morgan fingerprint density at radius 1 is 1.09 bits per heavy atom. The topological polar surface area (TPSA) is 42.0 Å². The van der Waals surface area contributed by atoms with E-state index in [4.69, 9.17) is 4.98 Å². The summed E-state index contributed by atoms with van der Waals surface area (Å²) in [6.07, 6.45) is 8.38. The van der Waals surface area contributed by atoms with Crippen LogP contribution in [0.15, 0.2) is 42.5 Å². The van der Waals surface area contributed by atoms with Gasteiger partial charge in [-0.15, -0.1) is 0 Å². The van der Waals surface area contributed by atoms with Crippen LogP contribution in [0.4, 0.5) is 5.69 Å². The number of nitrogens with one attached hydrogen (secondary N) is 1. The van der Waals surface area contributed by atoms with E-state index in [1.807, 2.05) is 42.5 Å². The number of aryl methyl sites for hydroxylation is 2. The fraction of sp³-hybridized carbons (Fsp3) is 0.263. The van der Waals surface area contributed by atoms with Crippen molar-refractivity contribution >= 4 is 17.5 Å². The fourth-order valence-electron chi connectivity index (χ4n) is 3.24. The van der Waals surface area contributed by atoms with Crippen molar-refractivity contribution in [2.75, 3.05) is 5.32 Å². The Labute approximate surface area is 130 Å². The molecule has 3 heteroatoms. The monoisotopic (exact) mass is 290 g/mol. The second-order valence-corrected chi connectivity index (χ2v) is 5.95. The quantitative estimate of drug-likeness (QED) is 0.918. The third kappa shape index (κ3) is 2.33. The van der Waals surface area contributed by atoms with Crippen molar-refractivity contribution in [3.05, 3.63) is 65.0 Å². The largest absolute Gasteiger partial charge is 0.372 e. The van der Waals surface area contributed by atoms with Crippen molar-refractivity contribution in [3.8, 4) is 0 Å². The third-order valence-corrected chi connectivity index (χ3v) is 4.42. The molecule has 3 nitrogen and oxygen atoms in total. The van der Waals surface area contributed by atoms with Crippen molar-refractivity contribution in [1.82, 2.24) is 4.98 Å². The number of hydrogen-bond donors (Lipinski definition) is 1. The molecular weight excluding hydrogens is 272 g/mol. The number of carbonyl (C=O) groups is 1. The highest BCUT2D eigenvalue weighted by Gasteiger charge is 2.26. The lowest BCUT2D eigenvalue weighted by Crippen LogP contribution is -2.31. The van der Waals surface area contributed by atoms with E-state index in [1.165, 1.54) is 24.1 Å². The minimum atomic E-state index is -0.307. The van der Waals surface area contributed by atoms with Gasteiger partial charge in [0.25, 0.3) is 0 Å². The lowest BCUT2D eigenvalue weighted by Gasteiger charge is -2.23. The van der Waals surface area contributed by atoms with Crippen molar-refractivity contribution < 1.29 is 4.79 Å². The van der Waals surface area contributed by atoms with E-state index in [1.54, 1.807) is 0 Å². The van der Waals surface area contributed by atoms with Gasteiger partial charge in [0, 0.05) is 16.9 Å². The molecule has 2 aliphatic carbocycles. The summed E-state index contributed by atoms with van der Waals surface area (Å²) < 4.78 is 0. The van der Waals surface area contributed by atoms with Gasteiger partial charge in [-0.2, -0.15) is 0 Å². The van der Waals surface area contributed by atoms with E-state index in [2.05, 4.69) is 11.4 Å². The smallest absolute Gasteiger partial charge is 0.191 e. The van der Waals surface area contributed by atoms with Crippen LogP contribution in [0.3, 0.4) is 0 Å². The highest BCUT2D eigenvalue weighted by atomic mass is 16.1. The molecule has 110 valence electrons. The van der Waals surface area contributed by atoms with E-state index < -0.39 is 0 Å². The van der Waals surface area contributed by atoms with Crippen LogP contribution < -0.4 is 5.32 Å². The van der Waals surface area contributed by atoms with Gasteiger partial charge in [0.15, 0.2) is 5.78 Å². The number of fused-ring (bicyclic) bond motifs is 2. The van der Waals surface area contributed by atoms with E-state index in [0.717, 1.165) is 29.8 Å². The first-order valence-electron chi connectivity index (χ1n) is 7.88. The predicted octanol–water partition coefficient (Wildman–Crippen LogP) is 3.65. The fourth-order valence-corrected chi connectivity index (χ4v) is 3.24. The number of nitrogens with zero attached hydrogens (tertiary/aromatic N) is 1. The van der Waals surface area contributed by atoms with Crippen molar-refractivity contribution in [2.45, 2.75) is 31.7 Å². The summed E-state index contributed by atoms with van der Waals surface area (Å²) in [5, 5.41) is 3.29. The highest BCUT2D eigenvalue weighted by molar-refractivity contribution is 6.07. The number of rotatable bonds is 2. The number of hydrogen-bond acceptors (Lipinski definition) is 3. The van der Waals surface area contributed by atoms with Gasteiger partial charge in [0.1, 0.15) is 6.04 Å².